The van der Waals surface area contributed by atoms with Crippen LogP contribution >= 0.6 is 0 Å². The van der Waals surface area contributed by atoms with Crippen LogP contribution in [0.25, 0.3) is 0 Å². The molecule has 0 heterocycles. The zero-order valence-electron chi connectivity index (χ0n) is 17.6. The van der Waals surface area contributed by atoms with Gasteiger partial charge in [-0.1, -0.05) is 96.8 Å². The van der Waals surface area contributed by atoms with E-state index in [0.717, 1.165) is 11.0 Å². The van der Waals surface area contributed by atoms with Crippen LogP contribution in [0.4, 0.5) is 0 Å². The third kappa shape index (κ3) is 22.0. The molecular weight excluding hydrogens is 370 g/mol. The van der Waals surface area contributed by atoms with Crippen molar-refractivity contribution >= 4 is 0 Å². The molecule has 0 fully saturated rings. The van der Waals surface area contributed by atoms with Gasteiger partial charge in [-0.2, -0.15) is 0 Å². The quantitative estimate of drug-likeness (QED) is 0.180. The van der Waals surface area contributed by atoms with E-state index in [-0.39, 0.29) is 17.0 Å². The van der Waals surface area contributed by atoms with Gasteiger partial charge in [-0.25, -0.2) is 0 Å². The highest BCUT2D eigenvalue weighted by molar-refractivity contribution is 4.83. The Morgan fingerprint density at radius 3 is 1.24 bits per heavy atom. The number of unbranched alkanes of at least 4 members (excludes halogenated alkanes) is 15. The van der Waals surface area contributed by atoms with E-state index in [9.17, 15) is 0 Å². The largest absolute Gasteiger partial charge is 1.00 e. The number of terminal acetylenes is 1. The molecule has 0 aromatic carbocycles. The maximum atomic E-state index is 5.41. The number of halogens is 1. The van der Waals surface area contributed by atoms with E-state index in [1.54, 1.807) is 0 Å². The molecule has 0 atom stereocenters. The molecular formula is C23H46BrN. The van der Waals surface area contributed by atoms with E-state index < -0.39 is 0 Å². The van der Waals surface area contributed by atoms with Crippen molar-refractivity contribution in [3.05, 3.63) is 0 Å². The van der Waals surface area contributed by atoms with E-state index in [2.05, 4.69) is 26.9 Å². The van der Waals surface area contributed by atoms with Crippen molar-refractivity contribution in [1.82, 2.24) is 0 Å². The standard InChI is InChI=1S/C23H46N.BrH/c1-5-7-8-9-10-11-12-13-14-15-16-17-18-19-20-21-23-24(3,4)22-6-2;/h2H,5,7-23H2,1,3-4H3;1H/q+1;/p-1. The number of rotatable bonds is 18. The summed E-state index contributed by atoms with van der Waals surface area (Å²) in [7, 11) is 4.48. The average Bonchev–Trinajstić information content (AvgIpc) is 2.54. The molecule has 25 heavy (non-hydrogen) atoms. The Balaban J connectivity index is 0. The summed E-state index contributed by atoms with van der Waals surface area (Å²) in [5.41, 5.74) is 0. The summed E-state index contributed by atoms with van der Waals surface area (Å²) in [5, 5.41) is 0. The Hall–Kier alpha value is 0. The Morgan fingerprint density at radius 1 is 0.600 bits per heavy atom. The normalized spacial score (nSPS) is 11.1. The third-order valence-electron chi connectivity index (χ3n) is 5.14. The molecule has 0 unspecified atom stereocenters. The predicted octanol–water partition coefficient (Wildman–Crippen LogP) is 3.96. The second-order valence-corrected chi connectivity index (χ2v) is 8.32. The SMILES string of the molecule is C#CC[N+](C)(C)CCCCCCCCCCCCCCCCCC.[Br-]. The minimum absolute atomic E-state index is 0. The first-order valence-electron chi connectivity index (χ1n) is 10.9. The molecule has 0 saturated carbocycles. The van der Waals surface area contributed by atoms with E-state index in [1.165, 1.54) is 109 Å². The fraction of sp³-hybridized carbons (Fsp3) is 0.913. The van der Waals surface area contributed by atoms with Gasteiger partial charge in [0, 0.05) is 0 Å². The van der Waals surface area contributed by atoms with Crippen molar-refractivity contribution < 1.29 is 21.5 Å². The molecule has 0 amide bonds. The molecule has 0 saturated heterocycles. The van der Waals surface area contributed by atoms with Crippen molar-refractivity contribution in [2.24, 2.45) is 0 Å². The summed E-state index contributed by atoms with van der Waals surface area (Å²) >= 11 is 0. The van der Waals surface area contributed by atoms with Crippen LogP contribution in [0.1, 0.15) is 110 Å². The molecule has 0 radical (unpaired) electrons. The lowest BCUT2D eigenvalue weighted by molar-refractivity contribution is -0.883. The molecule has 0 aromatic heterocycles. The number of nitrogens with zero attached hydrogens (tertiary/aromatic N) is 1. The van der Waals surface area contributed by atoms with Crippen LogP contribution in [0.3, 0.4) is 0 Å². The Kier molecular flexibility index (Phi) is 22.1. The summed E-state index contributed by atoms with van der Waals surface area (Å²) in [6.07, 6.45) is 28.4. The van der Waals surface area contributed by atoms with Crippen LogP contribution in [0.15, 0.2) is 0 Å². The fourth-order valence-corrected chi connectivity index (χ4v) is 3.41. The summed E-state index contributed by atoms with van der Waals surface area (Å²) in [4.78, 5) is 0. The molecule has 0 aliphatic heterocycles. The molecule has 0 rings (SSSR count). The Labute approximate surface area is 170 Å². The molecule has 0 aliphatic rings. The molecule has 0 spiro atoms. The van der Waals surface area contributed by atoms with E-state index >= 15 is 0 Å². The lowest BCUT2D eigenvalue weighted by Gasteiger charge is -2.27. The maximum Gasteiger partial charge on any atom is 0.140 e. The van der Waals surface area contributed by atoms with Gasteiger partial charge in [0.15, 0.2) is 0 Å². The van der Waals surface area contributed by atoms with Crippen LogP contribution < -0.4 is 17.0 Å². The molecule has 0 aromatic rings. The first kappa shape index (κ1) is 27.2. The van der Waals surface area contributed by atoms with Crippen molar-refractivity contribution in [2.75, 3.05) is 27.2 Å². The summed E-state index contributed by atoms with van der Waals surface area (Å²) in [5.74, 6) is 2.78. The van der Waals surface area contributed by atoms with Gasteiger partial charge >= 0.3 is 0 Å². The number of hydrogen-bond acceptors (Lipinski definition) is 0. The number of hydrogen-bond donors (Lipinski definition) is 0. The molecule has 1 nitrogen and oxygen atoms in total. The van der Waals surface area contributed by atoms with E-state index in [1.807, 2.05) is 0 Å². The highest BCUT2D eigenvalue weighted by Crippen LogP contribution is 2.14. The highest BCUT2D eigenvalue weighted by Gasteiger charge is 2.11. The highest BCUT2D eigenvalue weighted by atomic mass is 79.9. The fourth-order valence-electron chi connectivity index (χ4n) is 3.41. The van der Waals surface area contributed by atoms with Crippen LogP contribution in [-0.4, -0.2) is 31.7 Å². The third-order valence-corrected chi connectivity index (χ3v) is 5.14. The Morgan fingerprint density at radius 2 is 0.920 bits per heavy atom. The summed E-state index contributed by atoms with van der Waals surface area (Å²) < 4.78 is 0.981. The van der Waals surface area contributed by atoms with Gasteiger partial charge in [0.25, 0.3) is 0 Å². The van der Waals surface area contributed by atoms with Crippen molar-refractivity contribution in [2.45, 2.75) is 110 Å². The van der Waals surface area contributed by atoms with Gasteiger partial charge in [0.2, 0.25) is 0 Å². The smallest absolute Gasteiger partial charge is 0.140 e. The van der Waals surface area contributed by atoms with Gasteiger partial charge < -0.3 is 21.5 Å². The maximum absolute atomic E-state index is 5.41. The van der Waals surface area contributed by atoms with Crippen LogP contribution in [-0.2, 0) is 0 Å². The van der Waals surface area contributed by atoms with Gasteiger partial charge in [-0.15, -0.1) is 6.42 Å². The zero-order valence-corrected chi connectivity index (χ0v) is 19.2. The zero-order chi connectivity index (χ0) is 17.9. The van der Waals surface area contributed by atoms with Crippen LogP contribution in [0.5, 0.6) is 0 Å². The molecule has 0 bridgehead atoms. The first-order chi connectivity index (χ1) is 11.6. The lowest BCUT2D eigenvalue weighted by Crippen LogP contribution is -3.00. The molecule has 2 heteroatoms. The van der Waals surface area contributed by atoms with Crippen molar-refractivity contribution in [1.29, 1.82) is 0 Å². The second kappa shape index (κ2) is 20.3. The van der Waals surface area contributed by atoms with Crippen LogP contribution in [0, 0.1) is 12.3 Å². The second-order valence-electron chi connectivity index (χ2n) is 8.32. The first-order valence-corrected chi connectivity index (χ1v) is 10.9. The van der Waals surface area contributed by atoms with Gasteiger partial charge in [0.1, 0.15) is 6.54 Å². The van der Waals surface area contributed by atoms with E-state index in [0.29, 0.717) is 0 Å². The predicted molar refractivity (Wildman–Crippen MR) is 110 cm³/mol. The number of quaternary nitrogens is 1. The minimum atomic E-state index is 0. The minimum Gasteiger partial charge on any atom is -1.00 e. The summed E-state index contributed by atoms with van der Waals surface area (Å²) in [6.45, 7) is 4.38. The molecule has 150 valence electrons. The topological polar surface area (TPSA) is 0 Å². The molecule has 0 aliphatic carbocycles. The van der Waals surface area contributed by atoms with Gasteiger partial charge in [-0.3, -0.25) is 0 Å². The van der Waals surface area contributed by atoms with Crippen molar-refractivity contribution in [3.63, 3.8) is 0 Å². The Bertz CT molecular complexity index is 293. The molecule has 0 N–H and O–H groups in total. The monoisotopic (exact) mass is 415 g/mol. The average molecular weight is 417 g/mol. The van der Waals surface area contributed by atoms with Gasteiger partial charge in [-0.05, 0) is 18.8 Å². The lowest BCUT2D eigenvalue weighted by atomic mass is 10.0. The van der Waals surface area contributed by atoms with Crippen LogP contribution in [0.2, 0.25) is 0 Å². The van der Waals surface area contributed by atoms with Crippen molar-refractivity contribution in [3.8, 4) is 12.3 Å². The van der Waals surface area contributed by atoms with E-state index in [4.69, 9.17) is 6.42 Å². The summed E-state index contributed by atoms with van der Waals surface area (Å²) in [6, 6.07) is 0. The van der Waals surface area contributed by atoms with Gasteiger partial charge in [0.05, 0.1) is 20.6 Å².